The lowest BCUT2D eigenvalue weighted by atomic mass is 9.90. The lowest BCUT2D eigenvalue weighted by Gasteiger charge is -2.20. The lowest BCUT2D eigenvalue weighted by Crippen LogP contribution is -2.28. The van der Waals surface area contributed by atoms with Crippen LogP contribution in [0, 0.1) is 5.41 Å². The molecule has 1 aromatic rings. The average molecular weight is 336 g/mol. The molecule has 1 unspecified atom stereocenters. The van der Waals surface area contributed by atoms with E-state index in [0.717, 1.165) is 12.8 Å². The fourth-order valence-corrected chi connectivity index (χ4v) is 2.35. The zero-order valence-corrected chi connectivity index (χ0v) is 14.9. The van der Waals surface area contributed by atoms with Gasteiger partial charge in [-0.1, -0.05) is 40.5 Å². The molecule has 3 N–H and O–H groups in total. The SMILES string of the molecule is CCCCC(C(=O)O)c1cnc(NC(=O)C(C)(C)C)cc1CCO. The number of rotatable bonds is 8. The van der Waals surface area contributed by atoms with E-state index in [1.54, 1.807) is 26.8 Å². The first kappa shape index (κ1) is 20.1. The maximum Gasteiger partial charge on any atom is 0.311 e. The van der Waals surface area contributed by atoms with Gasteiger partial charge in [-0.25, -0.2) is 4.98 Å². The van der Waals surface area contributed by atoms with Crippen LogP contribution in [0.3, 0.4) is 0 Å². The third kappa shape index (κ3) is 5.60. The number of pyridine rings is 1. The number of aliphatic carboxylic acids is 1. The Morgan fingerprint density at radius 2 is 2.00 bits per heavy atom. The Bertz CT molecular complexity index is 579. The first-order valence-corrected chi connectivity index (χ1v) is 8.34. The van der Waals surface area contributed by atoms with Gasteiger partial charge in [-0.05, 0) is 30.0 Å². The molecule has 134 valence electrons. The number of unbranched alkanes of at least 4 members (excludes halogenated alkanes) is 1. The van der Waals surface area contributed by atoms with Gasteiger partial charge in [0.15, 0.2) is 0 Å². The van der Waals surface area contributed by atoms with Gasteiger partial charge in [0, 0.05) is 18.2 Å². The summed E-state index contributed by atoms with van der Waals surface area (Å²) in [5, 5.41) is 21.5. The van der Waals surface area contributed by atoms with E-state index in [-0.39, 0.29) is 12.5 Å². The topological polar surface area (TPSA) is 99.5 Å². The van der Waals surface area contributed by atoms with E-state index in [1.165, 1.54) is 6.20 Å². The highest BCUT2D eigenvalue weighted by atomic mass is 16.4. The quantitative estimate of drug-likeness (QED) is 0.678. The minimum absolute atomic E-state index is 0.0935. The molecule has 0 radical (unpaired) electrons. The van der Waals surface area contributed by atoms with Gasteiger partial charge < -0.3 is 15.5 Å². The number of hydrogen-bond acceptors (Lipinski definition) is 4. The number of anilines is 1. The number of carboxylic acids is 1. The Morgan fingerprint density at radius 3 is 2.50 bits per heavy atom. The molecule has 6 heteroatoms. The Morgan fingerprint density at radius 1 is 1.33 bits per heavy atom. The molecule has 0 fully saturated rings. The minimum atomic E-state index is -0.893. The van der Waals surface area contributed by atoms with Crippen LogP contribution in [0.25, 0.3) is 0 Å². The largest absolute Gasteiger partial charge is 0.481 e. The van der Waals surface area contributed by atoms with E-state index >= 15 is 0 Å². The Kier molecular flexibility index (Phi) is 7.35. The predicted octanol–water partition coefficient (Wildman–Crippen LogP) is 2.96. The molecule has 1 heterocycles. The number of hydrogen-bond donors (Lipinski definition) is 3. The average Bonchev–Trinajstić information content (AvgIpc) is 2.48. The fourth-order valence-electron chi connectivity index (χ4n) is 2.35. The summed E-state index contributed by atoms with van der Waals surface area (Å²) >= 11 is 0. The number of carboxylic acid groups (broad SMARTS) is 1. The third-order valence-electron chi connectivity index (χ3n) is 3.85. The predicted molar refractivity (Wildman–Crippen MR) is 93.0 cm³/mol. The first-order chi connectivity index (χ1) is 11.2. The van der Waals surface area contributed by atoms with Crippen molar-refractivity contribution in [3.63, 3.8) is 0 Å². The van der Waals surface area contributed by atoms with Crippen molar-refractivity contribution in [3.8, 4) is 0 Å². The summed E-state index contributed by atoms with van der Waals surface area (Å²) in [7, 11) is 0. The van der Waals surface area contributed by atoms with Crippen LogP contribution in [-0.2, 0) is 16.0 Å². The maximum absolute atomic E-state index is 12.1. The van der Waals surface area contributed by atoms with E-state index in [1.807, 2.05) is 6.92 Å². The molecule has 24 heavy (non-hydrogen) atoms. The van der Waals surface area contributed by atoms with Gasteiger partial charge in [-0.15, -0.1) is 0 Å². The highest BCUT2D eigenvalue weighted by Crippen LogP contribution is 2.27. The van der Waals surface area contributed by atoms with Crippen LogP contribution in [-0.4, -0.2) is 33.7 Å². The van der Waals surface area contributed by atoms with Gasteiger partial charge >= 0.3 is 5.97 Å². The zero-order chi connectivity index (χ0) is 18.3. The van der Waals surface area contributed by atoms with Crippen molar-refractivity contribution < 1.29 is 19.8 Å². The van der Waals surface area contributed by atoms with Gasteiger partial charge in [-0.2, -0.15) is 0 Å². The van der Waals surface area contributed by atoms with Gasteiger partial charge in [-0.3, -0.25) is 9.59 Å². The molecular weight excluding hydrogens is 308 g/mol. The number of carbonyl (C=O) groups is 2. The Balaban J connectivity index is 3.13. The highest BCUT2D eigenvalue weighted by Gasteiger charge is 2.25. The molecule has 0 saturated heterocycles. The molecule has 1 rings (SSSR count). The normalized spacial score (nSPS) is 12.7. The van der Waals surface area contributed by atoms with Crippen molar-refractivity contribution >= 4 is 17.7 Å². The van der Waals surface area contributed by atoms with E-state index in [9.17, 15) is 19.8 Å². The Hall–Kier alpha value is -1.95. The number of carbonyl (C=O) groups excluding carboxylic acids is 1. The van der Waals surface area contributed by atoms with E-state index < -0.39 is 17.3 Å². The molecular formula is C18H28N2O4. The monoisotopic (exact) mass is 336 g/mol. The summed E-state index contributed by atoms with van der Waals surface area (Å²) < 4.78 is 0. The summed E-state index contributed by atoms with van der Waals surface area (Å²) in [6.07, 6.45) is 4.08. The zero-order valence-electron chi connectivity index (χ0n) is 14.9. The molecule has 0 aliphatic carbocycles. The van der Waals surface area contributed by atoms with Gasteiger partial charge in [0.2, 0.25) is 5.91 Å². The van der Waals surface area contributed by atoms with Gasteiger partial charge in [0.05, 0.1) is 5.92 Å². The van der Waals surface area contributed by atoms with Crippen LogP contribution in [0.2, 0.25) is 0 Å². The van der Waals surface area contributed by atoms with Crippen LogP contribution < -0.4 is 5.32 Å². The minimum Gasteiger partial charge on any atom is -0.481 e. The van der Waals surface area contributed by atoms with Crippen LogP contribution in [0.1, 0.15) is 64.0 Å². The molecule has 0 aromatic carbocycles. The molecule has 0 aliphatic heterocycles. The summed E-state index contributed by atoms with van der Waals surface area (Å²) in [5.74, 6) is -1.33. The van der Waals surface area contributed by atoms with Crippen molar-refractivity contribution in [2.24, 2.45) is 5.41 Å². The van der Waals surface area contributed by atoms with Crippen molar-refractivity contribution in [2.45, 2.75) is 59.3 Å². The number of nitrogens with one attached hydrogen (secondary N) is 1. The molecule has 1 atom stereocenters. The van der Waals surface area contributed by atoms with Crippen molar-refractivity contribution in [2.75, 3.05) is 11.9 Å². The van der Waals surface area contributed by atoms with Crippen molar-refractivity contribution in [3.05, 3.63) is 23.4 Å². The van der Waals surface area contributed by atoms with Crippen LogP contribution in [0.5, 0.6) is 0 Å². The summed E-state index contributed by atoms with van der Waals surface area (Å²) in [4.78, 5) is 27.9. The maximum atomic E-state index is 12.1. The molecule has 0 spiro atoms. The summed E-state index contributed by atoms with van der Waals surface area (Å²) in [5.41, 5.74) is 0.765. The van der Waals surface area contributed by atoms with Crippen LogP contribution in [0.4, 0.5) is 5.82 Å². The molecule has 0 saturated carbocycles. The standard InChI is InChI=1S/C18H28N2O4/c1-5-6-7-13(16(22)23)14-11-19-15(10-12(14)8-9-21)20-17(24)18(2,3)4/h10-11,13,21H,5-9H2,1-4H3,(H,22,23)(H,19,20,24). The van der Waals surface area contributed by atoms with E-state index in [0.29, 0.717) is 29.8 Å². The molecule has 6 nitrogen and oxygen atoms in total. The molecule has 0 bridgehead atoms. The second-order valence-corrected chi connectivity index (χ2v) is 6.98. The number of aliphatic hydroxyl groups excluding tert-OH is 1. The fraction of sp³-hybridized carbons (Fsp3) is 0.611. The molecule has 0 aliphatic rings. The number of amides is 1. The summed E-state index contributed by atoms with van der Waals surface area (Å²) in [6.45, 7) is 7.32. The molecule has 1 amide bonds. The van der Waals surface area contributed by atoms with E-state index in [4.69, 9.17) is 0 Å². The third-order valence-corrected chi connectivity index (χ3v) is 3.85. The lowest BCUT2D eigenvalue weighted by molar-refractivity contribution is -0.139. The number of aliphatic hydroxyl groups is 1. The van der Waals surface area contributed by atoms with Crippen molar-refractivity contribution in [1.29, 1.82) is 0 Å². The summed E-state index contributed by atoms with van der Waals surface area (Å²) in [6, 6.07) is 1.66. The van der Waals surface area contributed by atoms with Crippen LogP contribution >= 0.6 is 0 Å². The van der Waals surface area contributed by atoms with E-state index in [2.05, 4.69) is 10.3 Å². The Labute approximate surface area is 143 Å². The van der Waals surface area contributed by atoms with Crippen molar-refractivity contribution in [1.82, 2.24) is 4.98 Å². The molecule has 1 aromatic heterocycles. The first-order valence-electron chi connectivity index (χ1n) is 8.34. The second-order valence-electron chi connectivity index (χ2n) is 6.98. The number of nitrogens with zero attached hydrogens (tertiary/aromatic N) is 1. The van der Waals surface area contributed by atoms with Gasteiger partial charge in [0.25, 0.3) is 0 Å². The number of aromatic nitrogens is 1. The van der Waals surface area contributed by atoms with Gasteiger partial charge in [0.1, 0.15) is 5.82 Å². The van der Waals surface area contributed by atoms with Crippen LogP contribution in [0.15, 0.2) is 12.3 Å². The second kappa shape index (κ2) is 8.78. The highest BCUT2D eigenvalue weighted by molar-refractivity contribution is 5.93. The smallest absolute Gasteiger partial charge is 0.311 e.